The minimum absolute atomic E-state index is 0.271. The highest BCUT2D eigenvalue weighted by molar-refractivity contribution is 5.93. The van der Waals surface area contributed by atoms with E-state index in [1.54, 1.807) is 24.3 Å². The minimum Gasteiger partial charge on any atom is -0.462 e. The monoisotopic (exact) mass is 334 g/mol. The van der Waals surface area contributed by atoms with Crippen molar-refractivity contribution in [3.63, 3.8) is 0 Å². The Balaban J connectivity index is 2.76. The van der Waals surface area contributed by atoms with Gasteiger partial charge in [0.25, 0.3) is 0 Å². The molecule has 0 aliphatic rings. The highest BCUT2D eigenvalue weighted by atomic mass is 16.5. The van der Waals surface area contributed by atoms with Crippen LogP contribution in [-0.2, 0) is 9.53 Å². The number of hydrogen-bond acceptors (Lipinski definition) is 4. The third-order valence-corrected chi connectivity index (χ3v) is 4.00. The first-order valence-corrected chi connectivity index (χ1v) is 8.90. The zero-order valence-electron chi connectivity index (χ0n) is 15.4. The Morgan fingerprint density at radius 3 is 2.33 bits per heavy atom. The van der Waals surface area contributed by atoms with Crippen LogP contribution in [0.4, 0.5) is 0 Å². The van der Waals surface area contributed by atoms with Gasteiger partial charge < -0.3 is 9.47 Å². The Morgan fingerprint density at radius 1 is 1.00 bits per heavy atom. The highest BCUT2D eigenvalue weighted by Crippen LogP contribution is 2.28. The second kappa shape index (κ2) is 10.1. The summed E-state index contributed by atoms with van der Waals surface area (Å²) in [4.78, 5) is 24.7. The fourth-order valence-electron chi connectivity index (χ4n) is 2.27. The van der Waals surface area contributed by atoms with E-state index in [0.717, 1.165) is 38.5 Å². The van der Waals surface area contributed by atoms with Crippen molar-refractivity contribution in [2.24, 2.45) is 5.41 Å². The molecule has 0 aliphatic carbocycles. The largest absolute Gasteiger partial charge is 0.462 e. The molecular weight excluding hydrogens is 304 g/mol. The maximum absolute atomic E-state index is 12.5. The van der Waals surface area contributed by atoms with E-state index in [1.807, 2.05) is 20.8 Å². The molecule has 4 heteroatoms. The van der Waals surface area contributed by atoms with Crippen molar-refractivity contribution < 1.29 is 19.1 Å². The van der Waals surface area contributed by atoms with Crippen molar-refractivity contribution in [3.05, 3.63) is 29.8 Å². The molecule has 0 N–H and O–H groups in total. The van der Waals surface area contributed by atoms with Gasteiger partial charge in [-0.3, -0.25) is 4.79 Å². The first kappa shape index (κ1) is 20.2. The van der Waals surface area contributed by atoms with Gasteiger partial charge in [-0.25, -0.2) is 4.79 Å². The predicted molar refractivity (Wildman–Crippen MR) is 95.2 cm³/mol. The molecule has 0 heterocycles. The number of esters is 2. The van der Waals surface area contributed by atoms with Crippen molar-refractivity contribution in [1.29, 1.82) is 0 Å². The summed E-state index contributed by atoms with van der Waals surface area (Å²) < 4.78 is 10.8. The number of hydrogen-bond donors (Lipinski definition) is 0. The summed E-state index contributed by atoms with van der Waals surface area (Å²) in [7, 11) is 0. The van der Waals surface area contributed by atoms with Crippen LogP contribution in [0.25, 0.3) is 0 Å². The molecule has 0 spiro atoms. The summed E-state index contributed by atoms with van der Waals surface area (Å²) in [6, 6.07) is 6.74. The number of rotatable bonds is 10. The standard InChI is InChI=1S/C20H30O4/c1-5-7-11-14-20(3,4)19(22)24-17-13-10-9-12-16(17)18(21)23-15-8-6-2/h9-10,12-13H,5-8,11,14-15H2,1-4H3. The average molecular weight is 334 g/mol. The molecule has 0 saturated carbocycles. The lowest BCUT2D eigenvalue weighted by Gasteiger charge is -2.22. The number of ether oxygens (including phenoxy) is 2. The molecule has 0 fully saturated rings. The Morgan fingerprint density at radius 2 is 1.67 bits per heavy atom. The molecule has 0 aromatic heterocycles. The third-order valence-electron chi connectivity index (χ3n) is 4.00. The fourth-order valence-corrected chi connectivity index (χ4v) is 2.27. The lowest BCUT2D eigenvalue weighted by Crippen LogP contribution is -2.29. The van der Waals surface area contributed by atoms with Crippen LogP contribution >= 0.6 is 0 Å². The summed E-state index contributed by atoms with van der Waals surface area (Å²) in [5.41, 5.74) is -0.277. The molecule has 0 atom stereocenters. The van der Waals surface area contributed by atoms with Gasteiger partial charge in [0, 0.05) is 0 Å². The second-order valence-corrected chi connectivity index (χ2v) is 6.72. The van der Waals surface area contributed by atoms with Crippen LogP contribution in [0.2, 0.25) is 0 Å². The smallest absolute Gasteiger partial charge is 0.341 e. The van der Waals surface area contributed by atoms with Gasteiger partial charge in [-0.15, -0.1) is 0 Å². The van der Waals surface area contributed by atoms with Crippen LogP contribution in [0, 0.1) is 5.41 Å². The zero-order valence-corrected chi connectivity index (χ0v) is 15.4. The van der Waals surface area contributed by atoms with E-state index in [0.29, 0.717) is 12.2 Å². The fraction of sp³-hybridized carbons (Fsp3) is 0.600. The average Bonchev–Trinajstić information content (AvgIpc) is 2.55. The zero-order chi connectivity index (χ0) is 18.0. The number of carbonyl (C=O) groups is 2. The third kappa shape index (κ3) is 6.34. The predicted octanol–water partition coefficient (Wildman–Crippen LogP) is 5.16. The maximum Gasteiger partial charge on any atom is 0.341 e. The Bertz CT molecular complexity index is 534. The SMILES string of the molecule is CCCCCC(C)(C)C(=O)Oc1ccccc1C(=O)OCCCC. The van der Waals surface area contributed by atoms with E-state index < -0.39 is 11.4 Å². The lowest BCUT2D eigenvalue weighted by atomic mass is 9.87. The summed E-state index contributed by atoms with van der Waals surface area (Å²) in [5.74, 6) is -0.490. The van der Waals surface area contributed by atoms with Crippen molar-refractivity contribution in [2.75, 3.05) is 6.61 Å². The van der Waals surface area contributed by atoms with Gasteiger partial charge in [0.15, 0.2) is 0 Å². The van der Waals surface area contributed by atoms with E-state index in [9.17, 15) is 9.59 Å². The van der Waals surface area contributed by atoms with Crippen molar-refractivity contribution in [2.45, 2.75) is 66.2 Å². The molecule has 1 aromatic rings. The molecule has 0 bridgehead atoms. The molecular formula is C20H30O4. The Labute approximate surface area is 145 Å². The molecule has 24 heavy (non-hydrogen) atoms. The summed E-state index contributed by atoms with van der Waals surface area (Å²) in [6.07, 6.45) is 5.73. The Kier molecular flexibility index (Phi) is 8.51. The normalized spacial score (nSPS) is 11.2. The van der Waals surface area contributed by atoms with E-state index in [2.05, 4.69) is 6.92 Å². The second-order valence-electron chi connectivity index (χ2n) is 6.72. The molecule has 0 amide bonds. The van der Waals surface area contributed by atoms with E-state index in [4.69, 9.17) is 9.47 Å². The molecule has 134 valence electrons. The Hall–Kier alpha value is -1.84. The van der Waals surface area contributed by atoms with E-state index in [1.165, 1.54) is 0 Å². The number of unbranched alkanes of at least 4 members (excludes halogenated alkanes) is 3. The molecule has 0 aliphatic heterocycles. The number of carbonyl (C=O) groups excluding carboxylic acids is 2. The summed E-state index contributed by atoms with van der Waals surface area (Å²) in [5, 5.41) is 0. The van der Waals surface area contributed by atoms with Crippen LogP contribution in [-0.4, -0.2) is 18.5 Å². The molecule has 0 saturated heterocycles. The number of benzene rings is 1. The molecule has 1 rings (SSSR count). The van der Waals surface area contributed by atoms with Crippen molar-refractivity contribution in [3.8, 4) is 5.75 Å². The van der Waals surface area contributed by atoms with E-state index in [-0.39, 0.29) is 11.7 Å². The quantitative estimate of drug-likeness (QED) is 0.337. The van der Waals surface area contributed by atoms with Crippen LogP contribution in [0.3, 0.4) is 0 Å². The molecule has 4 nitrogen and oxygen atoms in total. The van der Waals surface area contributed by atoms with E-state index >= 15 is 0 Å². The van der Waals surface area contributed by atoms with Crippen LogP contribution < -0.4 is 4.74 Å². The van der Waals surface area contributed by atoms with Gasteiger partial charge in [0.2, 0.25) is 0 Å². The van der Waals surface area contributed by atoms with Crippen molar-refractivity contribution >= 4 is 11.9 Å². The minimum atomic E-state index is -0.575. The van der Waals surface area contributed by atoms with Gasteiger partial charge in [-0.05, 0) is 38.8 Å². The lowest BCUT2D eigenvalue weighted by molar-refractivity contribution is -0.144. The van der Waals surface area contributed by atoms with Gasteiger partial charge in [-0.2, -0.15) is 0 Å². The van der Waals surface area contributed by atoms with Crippen LogP contribution in [0.1, 0.15) is 76.6 Å². The highest BCUT2D eigenvalue weighted by Gasteiger charge is 2.30. The van der Waals surface area contributed by atoms with Gasteiger partial charge in [0.05, 0.1) is 12.0 Å². The first-order chi connectivity index (χ1) is 11.4. The molecule has 0 unspecified atom stereocenters. The summed E-state index contributed by atoms with van der Waals surface area (Å²) >= 11 is 0. The number of para-hydroxylation sites is 1. The van der Waals surface area contributed by atoms with Crippen molar-refractivity contribution in [1.82, 2.24) is 0 Å². The molecule has 0 radical (unpaired) electrons. The first-order valence-electron chi connectivity index (χ1n) is 8.90. The van der Waals surface area contributed by atoms with Gasteiger partial charge in [0.1, 0.15) is 11.3 Å². The maximum atomic E-state index is 12.5. The van der Waals surface area contributed by atoms with Crippen LogP contribution in [0.5, 0.6) is 5.75 Å². The van der Waals surface area contributed by atoms with Crippen LogP contribution in [0.15, 0.2) is 24.3 Å². The summed E-state index contributed by atoms with van der Waals surface area (Å²) in [6.45, 7) is 8.30. The topological polar surface area (TPSA) is 52.6 Å². The van der Waals surface area contributed by atoms with Gasteiger partial charge >= 0.3 is 11.9 Å². The van der Waals surface area contributed by atoms with Gasteiger partial charge in [-0.1, -0.05) is 51.7 Å². The molecule has 1 aromatic carbocycles.